The molecule has 0 radical (unpaired) electrons. The Hall–Kier alpha value is -1.10. The van der Waals surface area contributed by atoms with Crippen LogP contribution in [0, 0.1) is 0 Å². The Bertz CT molecular complexity index is 333. The van der Waals surface area contributed by atoms with E-state index >= 15 is 0 Å². The minimum absolute atomic E-state index is 0. The minimum atomic E-state index is -0.802. The number of carbonyl (C=O) groups is 1. The molecule has 0 fully saturated rings. The smallest absolute Gasteiger partial charge is 0.239 e. The number of aliphatic hydroxyl groups excluding tert-OH is 1. The van der Waals surface area contributed by atoms with Crippen LogP contribution < -0.4 is 11.1 Å². The summed E-state index contributed by atoms with van der Waals surface area (Å²) in [6.45, 7) is 0.301. The third-order valence-corrected chi connectivity index (χ3v) is 2.57. The monoisotopic (exact) mass is 272 g/mol. The number of rotatable bonds is 7. The second kappa shape index (κ2) is 9.88. The predicted molar refractivity (Wildman–Crippen MR) is 74.7 cm³/mol. The summed E-state index contributed by atoms with van der Waals surface area (Å²) in [5, 5.41) is 11.4. The van der Waals surface area contributed by atoms with Gasteiger partial charge in [-0.25, -0.2) is 0 Å². The third kappa shape index (κ3) is 6.59. The Morgan fingerprint density at radius 1 is 1.28 bits per heavy atom. The Morgan fingerprint density at radius 3 is 2.56 bits per heavy atom. The fourth-order valence-electron chi connectivity index (χ4n) is 1.52. The first kappa shape index (κ1) is 16.9. The average molecular weight is 273 g/mol. The number of aliphatic hydroxyl groups is 1. The third-order valence-electron chi connectivity index (χ3n) is 2.57. The van der Waals surface area contributed by atoms with Gasteiger partial charge in [-0.1, -0.05) is 30.3 Å². The van der Waals surface area contributed by atoms with Crippen molar-refractivity contribution >= 4 is 18.3 Å². The molecular weight excluding hydrogens is 252 g/mol. The summed E-state index contributed by atoms with van der Waals surface area (Å²) in [5.74, 6) is -0.285. The molecule has 1 aromatic rings. The molecule has 1 amide bonds. The van der Waals surface area contributed by atoms with Crippen molar-refractivity contribution < 1.29 is 9.90 Å². The average Bonchev–Trinajstić information content (AvgIpc) is 2.38. The number of hydrogen-bond donors (Lipinski definition) is 3. The van der Waals surface area contributed by atoms with Gasteiger partial charge in [-0.15, -0.1) is 12.4 Å². The Morgan fingerprint density at radius 2 is 1.94 bits per heavy atom. The van der Waals surface area contributed by atoms with Gasteiger partial charge in [0.2, 0.25) is 5.91 Å². The van der Waals surface area contributed by atoms with E-state index < -0.39 is 6.04 Å². The van der Waals surface area contributed by atoms with Gasteiger partial charge in [0.1, 0.15) is 6.04 Å². The van der Waals surface area contributed by atoms with Crippen LogP contribution in [-0.4, -0.2) is 30.2 Å². The van der Waals surface area contributed by atoms with Crippen LogP contribution in [0.4, 0.5) is 0 Å². The molecule has 0 aliphatic heterocycles. The molecule has 0 aliphatic rings. The maximum absolute atomic E-state index is 11.2. The van der Waals surface area contributed by atoms with E-state index in [0.717, 1.165) is 19.3 Å². The number of unbranched alkanes of at least 4 members (excludes halogenated alkanes) is 1. The standard InChI is InChI=1S/C13H20N2O2.ClH/c14-12(10-16)13(17)15-9-5-4-8-11-6-2-1-3-7-11;/h1-3,6-7,12,16H,4-5,8-10,14H2,(H,15,17);1H. The quantitative estimate of drug-likeness (QED) is 0.645. The maximum atomic E-state index is 11.2. The van der Waals surface area contributed by atoms with E-state index in [1.165, 1.54) is 5.56 Å². The zero-order valence-corrected chi connectivity index (χ0v) is 11.2. The molecule has 0 spiro atoms. The zero-order valence-electron chi connectivity index (χ0n) is 10.3. The van der Waals surface area contributed by atoms with Gasteiger partial charge in [0.05, 0.1) is 6.61 Å². The molecule has 0 heterocycles. The highest BCUT2D eigenvalue weighted by Gasteiger charge is 2.10. The molecule has 4 nitrogen and oxygen atoms in total. The first-order valence-electron chi connectivity index (χ1n) is 5.92. The van der Waals surface area contributed by atoms with Crippen molar-refractivity contribution in [2.45, 2.75) is 25.3 Å². The summed E-state index contributed by atoms with van der Waals surface area (Å²) in [6, 6.07) is 9.44. The summed E-state index contributed by atoms with van der Waals surface area (Å²) in [7, 11) is 0. The van der Waals surface area contributed by atoms with E-state index in [9.17, 15) is 4.79 Å². The molecule has 0 aromatic heterocycles. The van der Waals surface area contributed by atoms with Crippen LogP contribution in [-0.2, 0) is 11.2 Å². The first-order valence-corrected chi connectivity index (χ1v) is 5.92. The van der Waals surface area contributed by atoms with Gasteiger partial charge in [0.25, 0.3) is 0 Å². The molecule has 4 N–H and O–H groups in total. The SMILES string of the molecule is Cl.NC(CO)C(=O)NCCCCc1ccccc1. The number of nitrogens with one attached hydrogen (secondary N) is 1. The van der Waals surface area contributed by atoms with E-state index in [4.69, 9.17) is 10.8 Å². The Labute approximate surface area is 114 Å². The summed E-state index contributed by atoms with van der Waals surface area (Å²) < 4.78 is 0. The van der Waals surface area contributed by atoms with Crippen LogP contribution >= 0.6 is 12.4 Å². The zero-order chi connectivity index (χ0) is 12.5. The lowest BCUT2D eigenvalue weighted by Crippen LogP contribution is -2.43. The second-order valence-electron chi connectivity index (χ2n) is 4.02. The highest BCUT2D eigenvalue weighted by molar-refractivity contribution is 5.85. The number of aryl methyl sites for hydroxylation is 1. The largest absolute Gasteiger partial charge is 0.394 e. The Balaban J connectivity index is 0.00000289. The lowest BCUT2D eigenvalue weighted by molar-refractivity contribution is -0.123. The minimum Gasteiger partial charge on any atom is -0.394 e. The molecule has 1 rings (SSSR count). The molecule has 18 heavy (non-hydrogen) atoms. The van der Waals surface area contributed by atoms with Gasteiger partial charge in [-0.05, 0) is 24.8 Å². The fourth-order valence-corrected chi connectivity index (χ4v) is 1.52. The molecule has 1 atom stereocenters. The van der Waals surface area contributed by atoms with Crippen molar-refractivity contribution in [3.63, 3.8) is 0 Å². The number of carbonyl (C=O) groups excluding carboxylic acids is 1. The van der Waals surface area contributed by atoms with Gasteiger partial charge in [-0.3, -0.25) is 4.79 Å². The summed E-state index contributed by atoms with van der Waals surface area (Å²) in [5.41, 5.74) is 6.67. The highest BCUT2D eigenvalue weighted by Crippen LogP contribution is 2.03. The van der Waals surface area contributed by atoms with Crippen LogP contribution in [0.2, 0.25) is 0 Å². The van der Waals surface area contributed by atoms with E-state index in [1.807, 2.05) is 18.2 Å². The molecule has 1 unspecified atom stereocenters. The van der Waals surface area contributed by atoms with Crippen molar-refractivity contribution in [3.8, 4) is 0 Å². The molecule has 0 saturated heterocycles. The molecule has 102 valence electrons. The highest BCUT2D eigenvalue weighted by atomic mass is 35.5. The summed E-state index contributed by atoms with van der Waals surface area (Å²) >= 11 is 0. The van der Waals surface area contributed by atoms with Crippen molar-refractivity contribution in [1.82, 2.24) is 5.32 Å². The van der Waals surface area contributed by atoms with Crippen molar-refractivity contribution in [2.24, 2.45) is 5.73 Å². The van der Waals surface area contributed by atoms with Crippen LogP contribution in [0.15, 0.2) is 30.3 Å². The van der Waals surface area contributed by atoms with E-state index in [1.54, 1.807) is 0 Å². The molecular formula is C13H21ClN2O2. The number of amides is 1. The van der Waals surface area contributed by atoms with Gasteiger partial charge in [-0.2, -0.15) is 0 Å². The van der Waals surface area contributed by atoms with E-state index in [-0.39, 0.29) is 24.9 Å². The number of benzene rings is 1. The van der Waals surface area contributed by atoms with Gasteiger partial charge in [0.15, 0.2) is 0 Å². The summed E-state index contributed by atoms with van der Waals surface area (Å²) in [6.07, 6.45) is 2.96. The predicted octanol–water partition coefficient (Wildman–Crippen LogP) is 0.867. The van der Waals surface area contributed by atoms with Crippen LogP contribution in [0.3, 0.4) is 0 Å². The van der Waals surface area contributed by atoms with Crippen LogP contribution in [0.1, 0.15) is 18.4 Å². The number of halogens is 1. The normalized spacial score (nSPS) is 11.4. The van der Waals surface area contributed by atoms with E-state index in [2.05, 4.69) is 17.4 Å². The Kier molecular flexibility index (Phi) is 9.28. The van der Waals surface area contributed by atoms with Crippen molar-refractivity contribution in [2.75, 3.05) is 13.2 Å². The van der Waals surface area contributed by atoms with Gasteiger partial charge < -0.3 is 16.2 Å². The first-order chi connectivity index (χ1) is 8.24. The molecule has 0 bridgehead atoms. The van der Waals surface area contributed by atoms with Gasteiger partial charge in [0, 0.05) is 6.54 Å². The molecule has 0 saturated carbocycles. The lowest BCUT2D eigenvalue weighted by atomic mass is 10.1. The summed E-state index contributed by atoms with van der Waals surface area (Å²) in [4.78, 5) is 11.2. The topological polar surface area (TPSA) is 75.3 Å². The fraction of sp³-hybridized carbons (Fsp3) is 0.462. The second-order valence-corrected chi connectivity index (χ2v) is 4.02. The van der Waals surface area contributed by atoms with Gasteiger partial charge >= 0.3 is 0 Å². The molecule has 0 aliphatic carbocycles. The lowest BCUT2D eigenvalue weighted by Gasteiger charge is -2.09. The maximum Gasteiger partial charge on any atom is 0.239 e. The van der Waals surface area contributed by atoms with E-state index in [0.29, 0.717) is 6.54 Å². The van der Waals surface area contributed by atoms with Crippen molar-refractivity contribution in [1.29, 1.82) is 0 Å². The number of nitrogens with two attached hydrogens (primary N) is 1. The van der Waals surface area contributed by atoms with Crippen LogP contribution in [0.5, 0.6) is 0 Å². The van der Waals surface area contributed by atoms with Crippen molar-refractivity contribution in [3.05, 3.63) is 35.9 Å². The molecule has 5 heteroatoms. The van der Waals surface area contributed by atoms with Crippen LogP contribution in [0.25, 0.3) is 0 Å². The number of hydrogen-bond acceptors (Lipinski definition) is 3. The molecule has 1 aromatic carbocycles.